The van der Waals surface area contributed by atoms with Gasteiger partial charge in [-0.1, -0.05) is 163 Å². The number of anilines is 1. The minimum Gasteiger partial charge on any atom is -0.491 e. The second-order valence-corrected chi connectivity index (χ2v) is 19.1. The Kier molecular flexibility index (Phi) is 13.7. The molecule has 7 aromatic carbocycles. The van der Waals surface area contributed by atoms with Crippen LogP contribution in [0.3, 0.4) is 0 Å². The van der Waals surface area contributed by atoms with E-state index in [1.165, 1.54) is 0 Å². The maximum Gasteiger partial charge on any atom is 0.329 e. The second-order valence-electron chi connectivity index (χ2n) is 19.1. The number of amides is 4. The number of para-hydroxylation sites is 1. The summed E-state index contributed by atoms with van der Waals surface area (Å²) in [5.74, 6) is 2.93. The van der Waals surface area contributed by atoms with Gasteiger partial charge in [0.2, 0.25) is 11.8 Å². The normalized spacial score (nSPS) is 21.5. The Balaban J connectivity index is 1.16. The summed E-state index contributed by atoms with van der Waals surface area (Å²) in [4.78, 5) is 66.7. The van der Waals surface area contributed by atoms with Gasteiger partial charge in [0.15, 0.2) is 0 Å². The van der Waals surface area contributed by atoms with Crippen LogP contribution in [-0.4, -0.2) is 79.7 Å². The molecule has 4 heterocycles. The molecule has 15 nitrogen and oxygen atoms in total. The fourth-order valence-corrected chi connectivity index (χ4v) is 11.3. The third-order valence-corrected chi connectivity index (χ3v) is 14.7. The Labute approximate surface area is 438 Å². The van der Waals surface area contributed by atoms with E-state index >= 15 is 19.2 Å². The second kappa shape index (κ2) is 21.1. The van der Waals surface area contributed by atoms with Gasteiger partial charge in [0, 0.05) is 12.1 Å². The topological polar surface area (TPSA) is 188 Å². The van der Waals surface area contributed by atoms with Gasteiger partial charge in [-0.3, -0.25) is 19.3 Å². The number of nitrogens with one attached hydrogen (secondary N) is 2. The van der Waals surface area contributed by atoms with E-state index in [-0.39, 0.29) is 37.6 Å². The van der Waals surface area contributed by atoms with Gasteiger partial charge in [-0.15, -0.1) is 5.10 Å². The quantitative estimate of drug-likeness (QED) is 0.0651. The highest BCUT2D eigenvalue weighted by atomic mass is 16.6. The van der Waals surface area contributed by atoms with Gasteiger partial charge >= 0.3 is 12.0 Å². The lowest BCUT2D eigenvalue weighted by Gasteiger charge is -2.46. The van der Waals surface area contributed by atoms with Crippen LogP contribution < -0.4 is 20.3 Å². The van der Waals surface area contributed by atoms with Crippen LogP contribution in [-0.2, 0) is 31.1 Å². The van der Waals surface area contributed by atoms with E-state index in [2.05, 4.69) is 32.8 Å². The van der Waals surface area contributed by atoms with Gasteiger partial charge in [-0.2, -0.15) is 0 Å². The van der Waals surface area contributed by atoms with E-state index < -0.39 is 71.5 Å². The van der Waals surface area contributed by atoms with Crippen LogP contribution in [0.1, 0.15) is 76.2 Å². The lowest BCUT2D eigenvalue weighted by molar-refractivity contribution is -0.178. The number of esters is 1. The van der Waals surface area contributed by atoms with E-state index in [4.69, 9.17) is 9.47 Å². The SMILES string of the molecule is C[C@@H](NC(=O)N1C(=O)[C@@]2(c3cc(C#CCn4nnc5ccccc54)ccc31)[C@H](c1cccc(OCCO)c1)N1[C@H](c3ccccc3)[C@H](c3ccccc3)OC(=O)[C@H]1[C@@H]2C(=O)NC[C@H](O)c1ccccc1)c1ccccc1. The number of imide groups is 1. The number of fused-ring (bicyclic) bond motifs is 4. The van der Waals surface area contributed by atoms with Crippen LogP contribution in [0.5, 0.6) is 5.75 Å². The summed E-state index contributed by atoms with van der Waals surface area (Å²) in [5, 5.41) is 36.1. The van der Waals surface area contributed by atoms with Gasteiger partial charge in [0.25, 0.3) is 0 Å². The Hall–Kier alpha value is -8.94. The minimum absolute atomic E-state index is 0.0445. The standard InChI is InChI=1S/C61H53N7O8/c1-39(41-19-6-2-7-20-41)63-60(74)67-49-32-31-40(18-17-33-66-50-30-15-14-29-48(50)64-65-66)36-47(49)61(59(67)73)52(57(71)62-38-51(70)42-21-8-3-9-22-42)54-58(72)76-55(44-25-12-5-13-26-44)53(43-23-10-4-11-24-43)68(54)56(61)45-27-16-28-46(37-45)75-35-34-69/h2-16,19-32,36-37,39,51-56,69-70H,33-35,38H2,1H3,(H,62,71)(H,63,74)/t39-,51+,52-,53-,54-,55+,56+,61-/m1/s1. The first-order valence-corrected chi connectivity index (χ1v) is 25.2. The van der Waals surface area contributed by atoms with Crippen molar-refractivity contribution in [1.82, 2.24) is 30.5 Å². The summed E-state index contributed by atoms with van der Waals surface area (Å²) < 4.78 is 14.4. The number of nitrogens with zero attached hydrogens (tertiary/aromatic N) is 5. The number of urea groups is 1. The molecule has 1 spiro atoms. The molecule has 4 N–H and O–H groups in total. The number of aliphatic hydroxyl groups is 2. The van der Waals surface area contributed by atoms with E-state index in [0.29, 0.717) is 33.5 Å². The number of carbonyl (C=O) groups is 4. The number of hydrogen-bond acceptors (Lipinski definition) is 11. The smallest absolute Gasteiger partial charge is 0.329 e. The zero-order valence-electron chi connectivity index (χ0n) is 41.3. The van der Waals surface area contributed by atoms with E-state index in [0.717, 1.165) is 21.5 Å². The van der Waals surface area contributed by atoms with Gasteiger partial charge in [0.05, 0.1) is 48.0 Å². The molecule has 380 valence electrons. The first-order valence-electron chi connectivity index (χ1n) is 25.2. The first-order chi connectivity index (χ1) is 37.2. The van der Waals surface area contributed by atoms with Gasteiger partial charge in [-0.25, -0.2) is 14.4 Å². The van der Waals surface area contributed by atoms with Crippen molar-refractivity contribution in [1.29, 1.82) is 0 Å². The first kappa shape index (κ1) is 49.3. The van der Waals surface area contributed by atoms with E-state index in [9.17, 15) is 10.2 Å². The third-order valence-electron chi connectivity index (χ3n) is 14.7. The molecule has 0 radical (unpaired) electrons. The summed E-state index contributed by atoms with van der Waals surface area (Å²) in [7, 11) is 0. The highest BCUT2D eigenvalue weighted by Gasteiger charge is 2.75. The highest BCUT2D eigenvalue weighted by Crippen LogP contribution is 2.66. The van der Waals surface area contributed by atoms with Crippen molar-refractivity contribution < 1.29 is 38.9 Å². The molecule has 2 fully saturated rings. The molecule has 8 atom stereocenters. The average molecular weight is 1010 g/mol. The van der Waals surface area contributed by atoms with Gasteiger partial charge in [-0.05, 0) is 82.8 Å². The molecule has 3 aliphatic rings. The molecule has 8 aromatic rings. The highest BCUT2D eigenvalue weighted by molar-refractivity contribution is 6.24. The number of benzene rings is 7. The van der Waals surface area contributed by atoms with Crippen LogP contribution in [0.25, 0.3) is 11.0 Å². The lowest BCUT2D eigenvalue weighted by Crippen LogP contribution is -2.56. The molecule has 0 saturated carbocycles. The van der Waals surface area contributed by atoms with Crippen molar-refractivity contribution in [2.24, 2.45) is 5.92 Å². The van der Waals surface area contributed by atoms with Gasteiger partial charge in [0.1, 0.15) is 42.0 Å². The van der Waals surface area contributed by atoms with E-state index in [1.807, 2.05) is 139 Å². The fraction of sp³-hybridized carbons (Fsp3) is 0.213. The van der Waals surface area contributed by atoms with Crippen molar-refractivity contribution >= 4 is 40.5 Å². The number of morpholine rings is 1. The monoisotopic (exact) mass is 1010 g/mol. The number of hydrogen-bond donors (Lipinski definition) is 4. The van der Waals surface area contributed by atoms with Crippen LogP contribution >= 0.6 is 0 Å². The molecule has 15 heteroatoms. The summed E-state index contributed by atoms with van der Waals surface area (Å²) in [6.07, 6.45) is -2.14. The van der Waals surface area contributed by atoms with Crippen molar-refractivity contribution in [3.05, 3.63) is 227 Å². The molecule has 0 unspecified atom stereocenters. The molecule has 2 saturated heterocycles. The predicted octanol–water partition coefficient (Wildman–Crippen LogP) is 7.84. The number of cyclic esters (lactones) is 1. The number of carbonyl (C=O) groups excluding carboxylic acids is 4. The summed E-state index contributed by atoms with van der Waals surface area (Å²) in [6, 6.07) is 51.8. The molecular weight excluding hydrogens is 959 g/mol. The number of aromatic nitrogens is 3. The van der Waals surface area contributed by atoms with Crippen molar-refractivity contribution in [3.8, 4) is 17.6 Å². The summed E-state index contributed by atoms with van der Waals surface area (Å²) in [5.41, 5.74) is 3.44. The molecule has 3 aliphatic heterocycles. The minimum atomic E-state index is -2.12. The van der Waals surface area contributed by atoms with Crippen molar-refractivity contribution in [2.75, 3.05) is 24.7 Å². The lowest BCUT2D eigenvalue weighted by atomic mass is 9.65. The zero-order chi connectivity index (χ0) is 52.3. The van der Waals surface area contributed by atoms with E-state index in [1.54, 1.807) is 65.3 Å². The van der Waals surface area contributed by atoms with Crippen LogP contribution in [0.15, 0.2) is 188 Å². The molecule has 4 amide bonds. The number of ether oxygens (including phenoxy) is 2. The molecular formula is C61H53N7O8. The molecule has 1 aromatic heterocycles. The fourth-order valence-electron chi connectivity index (χ4n) is 11.3. The zero-order valence-corrected chi connectivity index (χ0v) is 41.3. The average Bonchev–Trinajstić information content (AvgIpc) is 3.45. The summed E-state index contributed by atoms with van der Waals surface area (Å²) in [6.45, 7) is 1.36. The Morgan fingerprint density at radius 1 is 0.763 bits per heavy atom. The largest absolute Gasteiger partial charge is 0.491 e. The number of rotatable bonds is 13. The molecule has 0 bridgehead atoms. The Morgan fingerprint density at radius 2 is 1.42 bits per heavy atom. The predicted molar refractivity (Wildman–Crippen MR) is 283 cm³/mol. The maximum atomic E-state index is 16.8. The van der Waals surface area contributed by atoms with Crippen molar-refractivity contribution in [2.45, 2.75) is 55.3 Å². The third kappa shape index (κ3) is 8.91. The van der Waals surface area contributed by atoms with Crippen LogP contribution in [0.4, 0.5) is 10.5 Å². The van der Waals surface area contributed by atoms with Crippen LogP contribution in [0.2, 0.25) is 0 Å². The Morgan fingerprint density at radius 3 is 2.14 bits per heavy atom. The maximum absolute atomic E-state index is 16.8. The molecule has 76 heavy (non-hydrogen) atoms. The molecule has 0 aliphatic carbocycles. The Bertz CT molecular complexity index is 3500. The van der Waals surface area contributed by atoms with Gasteiger partial charge < -0.3 is 30.3 Å². The molecule has 11 rings (SSSR count). The number of aliphatic hydroxyl groups excluding tert-OH is 2. The van der Waals surface area contributed by atoms with Crippen LogP contribution in [0, 0.1) is 17.8 Å². The summed E-state index contributed by atoms with van der Waals surface area (Å²) >= 11 is 0. The van der Waals surface area contributed by atoms with Crippen molar-refractivity contribution in [3.63, 3.8) is 0 Å².